The Balaban J connectivity index is 1.86. The molecule has 21 heavy (non-hydrogen) atoms. The van der Waals surface area contributed by atoms with Gasteiger partial charge < -0.3 is 14.6 Å². The number of aliphatic hydroxyl groups is 1. The molecule has 2 atom stereocenters. The van der Waals surface area contributed by atoms with Gasteiger partial charge in [-0.15, -0.1) is 0 Å². The van der Waals surface area contributed by atoms with E-state index in [9.17, 15) is 5.11 Å². The highest BCUT2D eigenvalue weighted by molar-refractivity contribution is 5.87. The van der Waals surface area contributed by atoms with Crippen molar-refractivity contribution in [3.05, 3.63) is 42.0 Å². The maximum Gasteiger partial charge on any atom is 0.125 e. The molecule has 112 valence electrons. The summed E-state index contributed by atoms with van der Waals surface area (Å²) in [5, 5.41) is 11.9. The number of ether oxygens (including phenoxy) is 2. The number of rotatable bonds is 4. The summed E-state index contributed by atoms with van der Waals surface area (Å²) in [6, 6.07) is 12.1. The Kier molecular flexibility index (Phi) is 4.42. The van der Waals surface area contributed by atoms with Gasteiger partial charge in [0.2, 0.25) is 0 Å². The number of fused-ring (bicyclic) bond motifs is 1. The number of methoxy groups -OCH3 is 1. The molecule has 1 aliphatic carbocycles. The van der Waals surface area contributed by atoms with Gasteiger partial charge in [-0.2, -0.15) is 0 Å². The highest BCUT2D eigenvalue weighted by Crippen LogP contribution is 2.31. The maximum atomic E-state index is 9.74. The van der Waals surface area contributed by atoms with Gasteiger partial charge in [0, 0.05) is 19.1 Å². The first-order valence-corrected chi connectivity index (χ1v) is 7.62. The Morgan fingerprint density at radius 1 is 1.10 bits per heavy atom. The standard InChI is InChI=1S/C18H22O3/c1-20-14-6-4-7-15(11-14)21-18-10-9-13-5-2-3-8-16(13)17(18)12-19/h2-3,5,8-10,14-15,19H,4,6-7,11-12H2,1H3. The van der Waals surface area contributed by atoms with E-state index in [4.69, 9.17) is 9.47 Å². The summed E-state index contributed by atoms with van der Waals surface area (Å²) in [6.45, 7) is -0.00286. The van der Waals surface area contributed by atoms with Crippen LogP contribution in [-0.4, -0.2) is 24.4 Å². The summed E-state index contributed by atoms with van der Waals surface area (Å²) in [5.41, 5.74) is 0.882. The fourth-order valence-corrected chi connectivity index (χ4v) is 3.19. The SMILES string of the molecule is COC1CCCC(Oc2ccc3ccccc3c2CO)C1. The zero-order valence-corrected chi connectivity index (χ0v) is 12.4. The largest absolute Gasteiger partial charge is 0.490 e. The van der Waals surface area contributed by atoms with Gasteiger partial charge >= 0.3 is 0 Å². The molecule has 1 N–H and O–H groups in total. The van der Waals surface area contributed by atoms with Gasteiger partial charge in [-0.05, 0) is 36.1 Å². The van der Waals surface area contributed by atoms with E-state index in [1.165, 1.54) is 0 Å². The predicted molar refractivity (Wildman–Crippen MR) is 83.6 cm³/mol. The van der Waals surface area contributed by atoms with E-state index >= 15 is 0 Å². The van der Waals surface area contributed by atoms with Crippen LogP contribution in [0.25, 0.3) is 10.8 Å². The Hall–Kier alpha value is -1.58. The molecule has 2 aromatic rings. The van der Waals surface area contributed by atoms with Crippen molar-refractivity contribution in [3.63, 3.8) is 0 Å². The lowest BCUT2D eigenvalue weighted by atomic mass is 9.94. The van der Waals surface area contributed by atoms with E-state index in [1.807, 2.05) is 24.3 Å². The second-order valence-corrected chi connectivity index (χ2v) is 5.69. The molecule has 1 aliphatic rings. The summed E-state index contributed by atoms with van der Waals surface area (Å²) >= 11 is 0. The van der Waals surface area contributed by atoms with Crippen molar-refractivity contribution in [3.8, 4) is 5.75 Å². The van der Waals surface area contributed by atoms with Crippen LogP contribution >= 0.6 is 0 Å². The third-order valence-corrected chi connectivity index (χ3v) is 4.36. The lowest BCUT2D eigenvalue weighted by Gasteiger charge is -2.29. The summed E-state index contributed by atoms with van der Waals surface area (Å²) < 4.78 is 11.6. The monoisotopic (exact) mass is 286 g/mol. The lowest BCUT2D eigenvalue weighted by molar-refractivity contribution is 0.0204. The highest BCUT2D eigenvalue weighted by atomic mass is 16.5. The van der Waals surface area contributed by atoms with E-state index in [-0.39, 0.29) is 12.7 Å². The van der Waals surface area contributed by atoms with Gasteiger partial charge in [0.15, 0.2) is 0 Å². The molecule has 0 aromatic heterocycles. The molecular formula is C18H22O3. The van der Waals surface area contributed by atoms with E-state index < -0.39 is 0 Å². The Bertz CT molecular complexity index is 608. The average Bonchev–Trinajstić information content (AvgIpc) is 2.55. The molecule has 1 saturated carbocycles. The normalized spacial score (nSPS) is 22.4. The third-order valence-electron chi connectivity index (χ3n) is 4.36. The van der Waals surface area contributed by atoms with Crippen LogP contribution in [0.3, 0.4) is 0 Å². The van der Waals surface area contributed by atoms with Gasteiger partial charge in [-0.3, -0.25) is 0 Å². The molecule has 0 heterocycles. The first-order valence-electron chi connectivity index (χ1n) is 7.62. The van der Waals surface area contributed by atoms with Gasteiger partial charge in [0.25, 0.3) is 0 Å². The first kappa shape index (κ1) is 14.4. The van der Waals surface area contributed by atoms with Crippen LogP contribution in [-0.2, 0) is 11.3 Å². The molecule has 0 radical (unpaired) electrons. The van der Waals surface area contributed by atoms with Gasteiger partial charge in [-0.25, -0.2) is 0 Å². The number of aliphatic hydroxyl groups excluding tert-OH is 1. The summed E-state index contributed by atoms with van der Waals surface area (Å²) in [4.78, 5) is 0. The smallest absolute Gasteiger partial charge is 0.125 e. The minimum absolute atomic E-state index is 0.00286. The first-order chi connectivity index (χ1) is 10.3. The number of benzene rings is 2. The fourth-order valence-electron chi connectivity index (χ4n) is 3.19. The summed E-state index contributed by atoms with van der Waals surface area (Å²) in [7, 11) is 1.77. The second kappa shape index (κ2) is 6.46. The van der Waals surface area contributed by atoms with Crippen molar-refractivity contribution in [2.45, 2.75) is 44.5 Å². The van der Waals surface area contributed by atoms with E-state index in [0.29, 0.717) is 6.10 Å². The van der Waals surface area contributed by atoms with Crippen LogP contribution in [0.5, 0.6) is 5.75 Å². The highest BCUT2D eigenvalue weighted by Gasteiger charge is 2.24. The van der Waals surface area contributed by atoms with E-state index in [0.717, 1.165) is 47.8 Å². The average molecular weight is 286 g/mol. The van der Waals surface area contributed by atoms with Crippen molar-refractivity contribution in [1.29, 1.82) is 0 Å². The zero-order valence-electron chi connectivity index (χ0n) is 12.4. The molecule has 3 heteroatoms. The van der Waals surface area contributed by atoms with E-state index in [2.05, 4.69) is 12.1 Å². The quantitative estimate of drug-likeness (QED) is 0.932. The number of hydrogen-bond donors (Lipinski definition) is 1. The Morgan fingerprint density at radius 2 is 1.90 bits per heavy atom. The molecule has 3 nitrogen and oxygen atoms in total. The molecule has 1 fully saturated rings. The molecule has 3 rings (SSSR count). The molecule has 0 saturated heterocycles. The third kappa shape index (κ3) is 3.04. The van der Waals surface area contributed by atoms with Crippen LogP contribution in [0.4, 0.5) is 0 Å². The van der Waals surface area contributed by atoms with Crippen LogP contribution < -0.4 is 4.74 Å². The van der Waals surface area contributed by atoms with Crippen LogP contribution in [0, 0.1) is 0 Å². The minimum Gasteiger partial charge on any atom is -0.490 e. The second-order valence-electron chi connectivity index (χ2n) is 5.69. The van der Waals surface area contributed by atoms with Crippen LogP contribution in [0.15, 0.2) is 36.4 Å². The van der Waals surface area contributed by atoms with Gasteiger partial charge in [0.1, 0.15) is 11.9 Å². The van der Waals surface area contributed by atoms with Crippen molar-refractivity contribution in [2.75, 3.05) is 7.11 Å². The Morgan fingerprint density at radius 3 is 2.71 bits per heavy atom. The topological polar surface area (TPSA) is 38.7 Å². The molecule has 0 aliphatic heterocycles. The molecule has 0 spiro atoms. The van der Waals surface area contributed by atoms with Crippen molar-refractivity contribution >= 4 is 10.8 Å². The van der Waals surface area contributed by atoms with Crippen LogP contribution in [0.1, 0.15) is 31.2 Å². The maximum absolute atomic E-state index is 9.74. The fraction of sp³-hybridized carbons (Fsp3) is 0.444. The summed E-state index contributed by atoms with van der Waals surface area (Å²) in [5.74, 6) is 0.804. The van der Waals surface area contributed by atoms with Crippen LogP contribution in [0.2, 0.25) is 0 Å². The molecule has 0 bridgehead atoms. The van der Waals surface area contributed by atoms with Crippen molar-refractivity contribution in [2.24, 2.45) is 0 Å². The van der Waals surface area contributed by atoms with Crippen molar-refractivity contribution in [1.82, 2.24) is 0 Å². The lowest BCUT2D eigenvalue weighted by Crippen LogP contribution is -2.29. The predicted octanol–water partition coefficient (Wildman–Crippen LogP) is 3.67. The van der Waals surface area contributed by atoms with Gasteiger partial charge in [-0.1, -0.05) is 30.3 Å². The molecule has 2 unspecified atom stereocenters. The zero-order chi connectivity index (χ0) is 14.7. The number of hydrogen-bond acceptors (Lipinski definition) is 3. The molecule has 2 aromatic carbocycles. The van der Waals surface area contributed by atoms with Crippen molar-refractivity contribution < 1.29 is 14.6 Å². The molecular weight excluding hydrogens is 264 g/mol. The summed E-state index contributed by atoms with van der Waals surface area (Å²) in [6.07, 6.45) is 4.69. The molecule has 0 amide bonds. The minimum atomic E-state index is -0.00286. The van der Waals surface area contributed by atoms with E-state index in [1.54, 1.807) is 7.11 Å². The van der Waals surface area contributed by atoms with Gasteiger partial charge in [0.05, 0.1) is 12.7 Å². The Labute approximate surface area is 125 Å².